The number of rotatable bonds is 7. The van der Waals surface area contributed by atoms with Crippen LogP contribution in [0.1, 0.15) is 30.3 Å². The number of nitrogens with one attached hydrogen (secondary N) is 1. The van der Waals surface area contributed by atoms with Crippen molar-refractivity contribution in [2.75, 3.05) is 18.5 Å². The van der Waals surface area contributed by atoms with E-state index in [-0.39, 0.29) is 24.2 Å². The number of carboxylic acids is 1. The summed E-state index contributed by atoms with van der Waals surface area (Å²) < 4.78 is 4.91. The molecule has 90 valence electrons. The molecule has 0 saturated carbocycles. The monoisotopic (exact) mass is 228 g/mol. The van der Waals surface area contributed by atoms with Crippen LogP contribution in [-0.4, -0.2) is 34.3 Å². The summed E-state index contributed by atoms with van der Waals surface area (Å²) in [4.78, 5) is 14.2. The zero-order valence-corrected chi connectivity index (χ0v) is 9.14. The lowest BCUT2D eigenvalue weighted by atomic mass is 10.1. The molecule has 1 unspecified atom stereocenters. The number of oxazole rings is 1. The molecule has 1 aromatic rings. The number of hydrogen-bond donors (Lipinski definition) is 3. The number of anilines is 1. The molecule has 1 atom stereocenters. The Labute approximate surface area is 93.3 Å². The molecule has 0 radical (unpaired) electrons. The number of aliphatic hydroxyl groups excluding tert-OH is 1. The molecular weight excluding hydrogens is 212 g/mol. The highest BCUT2D eigenvalue weighted by Crippen LogP contribution is 2.09. The molecular formula is C10H16N2O4. The van der Waals surface area contributed by atoms with Crippen LogP contribution in [0.4, 0.5) is 6.01 Å². The van der Waals surface area contributed by atoms with E-state index >= 15 is 0 Å². The molecule has 0 aliphatic rings. The van der Waals surface area contributed by atoms with Crippen molar-refractivity contribution in [2.45, 2.75) is 19.8 Å². The summed E-state index contributed by atoms with van der Waals surface area (Å²) in [5, 5.41) is 20.3. The minimum atomic E-state index is -1.11. The Morgan fingerprint density at radius 3 is 3.00 bits per heavy atom. The number of carbonyl (C=O) groups is 1. The Hall–Kier alpha value is -1.56. The first-order valence-corrected chi connectivity index (χ1v) is 5.17. The van der Waals surface area contributed by atoms with Gasteiger partial charge in [0.25, 0.3) is 6.01 Å². The molecule has 0 amide bonds. The molecule has 6 heteroatoms. The fourth-order valence-corrected chi connectivity index (χ4v) is 1.19. The molecule has 0 saturated heterocycles. The second-order valence-electron chi connectivity index (χ2n) is 3.70. The van der Waals surface area contributed by atoms with E-state index in [4.69, 9.17) is 14.6 Å². The van der Waals surface area contributed by atoms with Gasteiger partial charge in [0.05, 0.1) is 0 Å². The van der Waals surface area contributed by atoms with Gasteiger partial charge in [-0.05, 0) is 18.8 Å². The fraction of sp³-hybridized carbons (Fsp3) is 0.600. The summed E-state index contributed by atoms with van der Waals surface area (Å²) in [6, 6.07) is 0.217. The first-order chi connectivity index (χ1) is 7.63. The predicted molar refractivity (Wildman–Crippen MR) is 57.4 cm³/mol. The molecule has 3 N–H and O–H groups in total. The highest BCUT2D eigenvalue weighted by Gasteiger charge is 2.09. The van der Waals surface area contributed by atoms with Crippen molar-refractivity contribution < 1.29 is 19.4 Å². The number of aromatic carboxylic acids is 1. The Kier molecular flexibility index (Phi) is 4.78. The van der Waals surface area contributed by atoms with Crippen LogP contribution in [0.25, 0.3) is 0 Å². The summed E-state index contributed by atoms with van der Waals surface area (Å²) in [7, 11) is 0. The Morgan fingerprint density at radius 2 is 2.44 bits per heavy atom. The van der Waals surface area contributed by atoms with E-state index in [1.807, 2.05) is 6.92 Å². The number of hydrogen-bond acceptors (Lipinski definition) is 5. The Bertz CT molecular complexity index is 337. The maximum atomic E-state index is 10.5. The van der Waals surface area contributed by atoms with Crippen LogP contribution in [0.15, 0.2) is 10.7 Å². The number of nitrogens with zero attached hydrogens (tertiary/aromatic N) is 1. The van der Waals surface area contributed by atoms with Crippen LogP contribution in [-0.2, 0) is 0 Å². The first kappa shape index (κ1) is 12.5. The van der Waals surface area contributed by atoms with Gasteiger partial charge >= 0.3 is 5.97 Å². The molecule has 1 aromatic heterocycles. The molecule has 0 aromatic carbocycles. The minimum absolute atomic E-state index is 0.105. The zero-order chi connectivity index (χ0) is 12.0. The average Bonchev–Trinajstić information content (AvgIpc) is 2.72. The van der Waals surface area contributed by atoms with Crippen molar-refractivity contribution >= 4 is 12.0 Å². The lowest BCUT2D eigenvalue weighted by Gasteiger charge is -2.06. The quantitative estimate of drug-likeness (QED) is 0.607. The zero-order valence-electron chi connectivity index (χ0n) is 9.14. The number of aromatic nitrogens is 1. The van der Waals surface area contributed by atoms with Crippen LogP contribution in [0.5, 0.6) is 0 Å². The van der Waals surface area contributed by atoms with Crippen LogP contribution in [0.2, 0.25) is 0 Å². The molecule has 0 spiro atoms. The number of aliphatic hydroxyl groups is 1. The van der Waals surface area contributed by atoms with Gasteiger partial charge in [-0.25, -0.2) is 4.79 Å². The number of carboxylic acid groups (broad SMARTS) is 1. The van der Waals surface area contributed by atoms with E-state index in [2.05, 4.69) is 10.3 Å². The Morgan fingerprint density at radius 1 is 1.69 bits per heavy atom. The van der Waals surface area contributed by atoms with Crippen LogP contribution < -0.4 is 5.32 Å². The summed E-state index contributed by atoms with van der Waals surface area (Å²) in [5.41, 5.74) is -0.105. The molecule has 1 heterocycles. The van der Waals surface area contributed by atoms with Crippen LogP contribution in [0.3, 0.4) is 0 Å². The van der Waals surface area contributed by atoms with Crippen molar-refractivity contribution in [3.05, 3.63) is 12.0 Å². The lowest BCUT2D eigenvalue weighted by molar-refractivity contribution is 0.0690. The topological polar surface area (TPSA) is 95.6 Å². The second kappa shape index (κ2) is 6.12. The fourth-order valence-electron chi connectivity index (χ4n) is 1.19. The van der Waals surface area contributed by atoms with Gasteiger partial charge in [0.1, 0.15) is 6.26 Å². The van der Waals surface area contributed by atoms with E-state index < -0.39 is 5.97 Å². The highest BCUT2D eigenvalue weighted by molar-refractivity contribution is 5.85. The third-order valence-electron chi connectivity index (χ3n) is 2.18. The normalized spacial score (nSPS) is 12.4. The first-order valence-electron chi connectivity index (χ1n) is 5.17. The molecule has 0 aliphatic heterocycles. The molecule has 16 heavy (non-hydrogen) atoms. The van der Waals surface area contributed by atoms with E-state index in [1.165, 1.54) is 0 Å². The summed E-state index contributed by atoms with van der Waals surface area (Å²) in [5.74, 6) is -0.827. The molecule has 1 rings (SSSR count). The van der Waals surface area contributed by atoms with Crippen molar-refractivity contribution in [1.29, 1.82) is 0 Å². The third kappa shape index (κ3) is 3.90. The average molecular weight is 228 g/mol. The van der Waals surface area contributed by atoms with Crippen molar-refractivity contribution in [2.24, 2.45) is 5.92 Å². The van der Waals surface area contributed by atoms with E-state index in [1.54, 1.807) is 0 Å². The maximum Gasteiger partial charge on any atom is 0.357 e. The predicted octanol–water partition coefficient (Wildman–Crippen LogP) is 1.19. The van der Waals surface area contributed by atoms with Gasteiger partial charge in [0.2, 0.25) is 0 Å². The van der Waals surface area contributed by atoms with Gasteiger partial charge in [-0.3, -0.25) is 0 Å². The third-order valence-corrected chi connectivity index (χ3v) is 2.18. The van der Waals surface area contributed by atoms with Gasteiger partial charge in [-0.2, -0.15) is 4.98 Å². The standard InChI is InChI=1S/C10H16N2O4/c1-7(5-13)3-2-4-11-10-12-8(6-16-10)9(14)15/h6-7,13H,2-5H2,1H3,(H,11,12)(H,14,15). The van der Waals surface area contributed by atoms with E-state index in [0.717, 1.165) is 19.1 Å². The second-order valence-corrected chi connectivity index (χ2v) is 3.70. The van der Waals surface area contributed by atoms with Gasteiger partial charge < -0.3 is 19.9 Å². The van der Waals surface area contributed by atoms with E-state index in [9.17, 15) is 4.79 Å². The smallest absolute Gasteiger partial charge is 0.357 e. The molecule has 0 aliphatic carbocycles. The minimum Gasteiger partial charge on any atom is -0.476 e. The van der Waals surface area contributed by atoms with E-state index in [0.29, 0.717) is 6.54 Å². The maximum absolute atomic E-state index is 10.5. The van der Waals surface area contributed by atoms with Gasteiger partial charge in [0, 0.05) is 13.2 Å². The Balaban J connectivity index is 2.24. The molecule has 0 fully saturated rings. The van der Waals surface area contributed by atoms with Crippen LogP contribution >= 0.6 is 0 Å². The van der Waals surface area contributed by atoms with Gasteiger partial charge in [0.15, 0.2) is 5.69 Å². The van der Waals surface area contributed by atoms with Crippen molar-refractivity contribution in [3.8, 4) is 0 Å². The SMILES string of the molecule is CC(CO)CCCNc1nc(C(=O)O)co1. The largest absolute Gasteiger partial charge is 0.476 e. The van der Waals surface area contributed by atoms with Gasteiger partial charge in [-0.15, -0.1) is 0 Å². The van der Waals surface area contributed by atoms with Crippen molar-refractivity contribution in [1.82, 2.24) is 4.98 Å². The highest BCUT2D eigenvalue weighted by atomic mass is 16.4. The molecule has 0 bridgehead atoms. The summed E-state index contributed by atoms with van der Waals surface area (Å²) in [6.45, 7) is 2.79. The van der Waals surface area contributed by atoms with Gasteiger partial charge in [-0.1, -0.05) is 6.92 Å². The van der Waals surface area contributed by atoms with Crippen molar-refractivity contribution in [3.63, 3.8) is 0 Å². The van der Waals surface area contributed by atoms with Crippen LogP contribution in [0, 0.1) is 5.92 Å². The molecule has 6 nitrogen and oxygen atoms in total. The lowest BCUT2D eigenvalue weighted by Crippen LogP contribution is -2.07. The summed E-state index contributed by atoms with van der Waals surface area (Å²) in [6.07, 6.45) is 2.86. The summed E-state index contributed by atoms with van der Waals surface area (Å²) >= 11 is 0.